The molecule has 4 heteroatoms. The minimum atomic E-state index is -0.755. The number of hydrogen-bond donors (Lipinski definition) is 1. The van der Waals surface area contributed by atoms with E-state index in [9.17, 15) is 4.79 Å². The fourth-order valence-electron chi connectivity index (χ4n) is 1.98. The zero-order chi connectivity index (χ0) is 12.4. The van der Waals surface area contributed by atoms with Crippen LogP contribution in [0.5, 0.6) is 0 Å². The van der Waals surface area contributed by atoms with Crippen molar-refractivity contribution in [2.75, 3.05) is 0 Å². The van der Waals surface area contributed by atoms with Gasteiger partial charge >= 0.3 is 5.97 Å². The number of aliphatic carboxylic acids is 1. The smallest absolute Gasteiger partial charge is 0.303 e. The fraction of sp³-hybridized carbons (Fsp3) is 0.385. The maximum Gasteiger partial charge on any atom is 0.303 e. The summed E-state index contributed by atoms with van der Waals surface area (Å²) in [6, 6.07) is 5.82. The molecule has 2 aromatic rings. The first-order valence-corrected chi connectivity index (χ1v) is 5.62. The molecule has 0 fully saturated rings. The second-order valence-corrected chi connectivity index (χ2v) is 4.44. The van der Waals surface area contributed by atoms with E-state index in [0.717, 1.165) is 23.1 Å². The highest BCUT2D eigenvalue weighted by molar-refractivity contribution is 5.73. The molecule has 0 spiro atoms. The van der Waals surface area contributed by atoms with Gasteiger partial charge in [-0.3, -0.25) is 4.79 Å². The highest BCUT2D eigenvalue weighted by Crippen LogP contribution is 2.19. The Morgan fingerprint density at radius 3 is 3.00 bits per heavy atom. The van der Waals surface area contributed by atoms with Gasteiger partial charge in [0.25, 0.3) is 0 Å². The van der Waals surface area contributed by atoms with Crippen molar-refractivity contribution >= 4 is 17.1 Å². The molecule has 0 radical (unpaired) electrons. The summed E-state index contributed by atoms with van der Waals surface area (Å²) in [4.78, 5) is 14.8. The lowest BCUT2D eigenvalue weighted by Gasteiger charge is -2.07. The number of oxazole rings is 1. The molecule has 0 saturated heterocycles. The van der Waals surface area contributed by atoms with Crippen molar-refractivity contribution in [3.63, 3.8) is 0 Å². The first kappa shape index (κ1) is 11.6. The third-order valence-corrected chi connectivity index (χ3v) is 2.67. The molecule has 90 valence electrons. The molecule has 1 aromatic carbocycles. The molecular formula is C13H15NO3. The average Bonchev–Trinajstić information content (AvgIpc) is 2.55. The number of aryl methyl sites for hydroxylation is 1. The Hall–Kier alpha value is -1.84. The second-order valence-electron chi connectivity index (χ2n) is 4.44. The predicted molar refractivity (Wildman–Crippen MR) is 63.9 cm³/mol. The topological polar surface area (TPSA) is 63.3 Å². The molecule has 1 N–H and O–H groups in total. The number of carboxylic acids is 1. The lowest BCUT2D eigenvalue weighted by atomic mass is 9.98. The summed E-state index contributed by atoms with van der Waals surface area (Å²) in [6.07, 6.45) is 0.926. The van der Waals surface area contributed by atoms with Gasteiger partial charge in [-0.25, -0.2) is 4.98 Å². The molecule has 0 saturated carbocycles. The first-order valence-electron chi connectivity index (χ1n) is 5.62. The molecule has 17 heavy (non-hydrogen) atoms. The predicted octanol–water partition coefficient (Wildman–Crippen LogP) is 2.79. The van der Waals surface area contributed by atoms with Crippen LogP contribution >= 0.6 is 0 Å². The number of fused-ring (bicyclic) bond motifs is 1. The number of nitrogens with zero attached hydrogens (tertiary/aromatic N) is 1. The number of carbonyl (C=O) groups is 1. The maximum atomic E-state index is 10.6. The van der Waals surface area contributed by atoms with E-state index in [4.69, 9.17) is 9.52 Å². The summed E-state index contributed by atoms with van der Waals surface area (Å²) in [5.41, 5.74) is 2.70. The van der Waals surface area contributed by atoms with Gasteiger partial charge < -0.3 is 9.52 Å². The second kappa shape index (κ2) is 4.57. The number of rotatable bonds is 4. The van der Waals surface area contributed by atoms with Gasteiger partial charge in [-0.05, 0) is 30.0 Å². The third kappa shape index (κ3) is 2.84. The van der Waals surface area contributed by atoms with Gasteiger partial charge in [0.2, 0.25) is 0 Å². The van der Waals surface area contributed by atoms with Crippen molar-refractivity contribution in [2.24, 2.45) is 5.92 Å². The average molecular weight is 233 g/mol. The Morgan fingerprint density at radius 1 is 1.53 bits per heavy atom. The molecule has 0 aliphatic heterocycles. The SMILES string of the molecule is Cc1nc2ccc(CC(C)CC(=O)O)cc2o1. The van der Waals surface area contributed by atoms with Crippen molar-refractivity contribution in [3.8, 4) is 0 Å². The summed E-state index contributed by atoms with van der Waals surface area (Å²) in [5, 5.41) is 8.71. The highest BCUT2D eigenvalue weighted by Gasteiger charge is 2.10. The van der Waals surface area contributed by atoms with Crippen LogP contribution in [0.4, 0.5) is 0 Å². The zero-order valence-electron chi connectivity index (χ0n) is 9.93. The normalized spacial score (nSPS) is 12.8. The molecule has 0 amide bonds. The van der Waals surface area contributed by atoms with E-state index in [1.165, 1.54) is 0 Å². The van der Waals surface area contributed by atoms with Crippen LogP contribution in [0.2, 0.25) is 0 Å². The van der Waals surface area contributed by atoms with E-state index >= 15 is 0 Å². The van der Waals surface area contributed by atoms with Gasteiger partial charge in [-0.2, -0.15) is 0 Å². The van der Waals surface area contributed by atoms with Crippen molar-refractivity contribution in [1.29, 1.82) is 0 Å². The number of aromatic nitrogens is 1. The highest BCUT2D eigenvalue weighted by atomic mass is 16.4. The van der Waals surface area contributed by atoms with Crippen LogP contribution in [0.15, 0.2) is 22.6 Å². The van der Waals surface area contributed by atoms with Gasteiger partial charge in [0.15, 0.2) is 11.5 Å². The minimum absolute atomic E-state index is 0.119. The third-order valence-electron chi connectivity index (χ3n) is 2.67. The molecule has 1 heterocycles. The van der Waals surface area contributed by atoms with Crippen LogP contribution in [0.1, 0.15) is 24.8 Å². The minimum Gasteiger partial charge on any atom is -0.481 e. The molecule has 1 atom stereocenters. The van der Waals surface area contributed by atoms with E-state index in [0.29, 0.717) is 5.89 Å². The molecule has 0 aliphatic rings. The molecule has 0 bridgehead atoms. The quantitative estimate of drug-likeness (QED) is 0.881. The Morgan fingerprint density at radius 2 is 2.29 bits per heavy atom. The molecule has 0 aliphatic carbocycles. The summed E-state index contributed by atoms with van der Waals surface area (Å²) >= 11 is 0. The Balaban J connectivity index is 2.16. The van der Waals surface area contributed by atoms with Crippen LogP contribution in [-0.4, -0.2) is 16.1 Å². The largest absolute Gasteiger partial charge is 0.481 e. The van der Waals surface area contributed by atoms with Gasteiger partial charge in [0.1, 0.15) is 5.52 Å². The first-order chi connectivity index (χ1) is 8.04. The van der Waals surface area contributed by atoms with Crippen LogP contribution < -0.4 is 0 Å². The standard InChI is InChI=1S/C13H15NO3/c1-8(6-13(15)16)5-10-3-4-11-12(7-10)17-9(2)14-11/h3-4,7-8H,5-6H2,1-2H3,(H,15,16). The molecule has 1 aromatic heterocycles. The molecule has 2 rings (SSSR count). The van der Waals surface area contributed by atoms with E-state index in [1.807, 2.05) is 32.0 Å². The monoisotopic (exact) mass is 233 g/mol. The summed E-state index contributed by atoms with van der Waals surface area (Å²) in [6.45, 7) is 3.75. The summed E-state index contributed by atoms with van der Waals surface area (Å²) < 4.78 is 5.44. The van der Waals surface area contributed by atoms with Gasteiger partial charge in [-0.15, -0.1) is 0 Å². The number of hydrogen-bond acceptors (Lipinski definition) is 3. The Kier molecular flexibility index (Phi) is 3.13. The van der Waals surface area contributed by atoms with E-state index in [1.54, 1.807) is 0 Å². The van der Waals surface area contributed by atoms with Crippen molar-refractivity contribution in [1.82, 2.24) is 4.98 Å². The molecular weight excluding hydrogens is 218 g/mol. The molecule has 1 unspecified atom stereocenters. The number of benzene rings is 1. The van der Waals surface area contributed by atoms with Crippen LogP contribution in [0.3, 0.4) is 0 Å². The van der Waals surface area contributed by atoms with E-state index in [-0.39, 0.29) is 12.3 Å². The van der Waals surface area contributed by atoms with Gasteiger partial charge in [0, 0.05) is 13.3 Å². The Labute approximate surface area is 99.3 Å². The Bertz CT molecular complexity index is 545. The number of carboxylic acid groups (broad SMARTS) is 1. The summed E-state index contributed by atoms with van der Waals surface area (Å²) in [7, 11) is 0. The van der Waals surface area contributed by atoms with Crippen molar-refractivity contribution in [3.05, 3.63) is 29.7 Å². The fourth-order valence-corrected chi connectivity index (χ4v) is 1.98. The lowest BCUT2D eigenvalue weighted by molar-refractivity contribution is -0.137. The lowest BCUT2D eigenvalue weighted by Crippen LogP contribution is -2.06. The van der Waals surface area contributed by atoms with E-state index in [2.05, 4.69) is 4.98 Å². The zero-order valence-corrected chi connectivity index (χ0v) is 9.93. The van der Waals surface area contributed by atoms with E-state index < -0.39 is 5.97 Å². The van der Waals surface area contributed by atoms with Crippen molar-refractivity contribution < 1.29 is 14.3 Å². The van der Waals surface area contributed by atoms with Crippen LogP contribution in [-0.2, 0) is 11.2 Å². The van der Waals surface area contributed by atoms with Crippen molar-refractivity contribution in [2.45, 2.75) is 26.7 Å². The van der Waals surface area contributed by atoms with Gasteiger partial charge in [0.05, 0.1) is 0 Å². The molecule has 4 nitrogen and oxygen atoms in total. The maximum absolute atomic E-state index is 10.6. The van der Waals surface area contributed by atoms with Crippen LogP contribution in [0, 0.1) is 12.8 Å². The summed E-state index contributed by atoms with van der Waals surface area (Å²) in [5.74, 6) is 0.0128. The van der Waals surface area contributed by atoms with Gasteiger partial charge in [-0.1, -0.05) is 13.0 Å². The van der Waals surface area contributed by atoms with Crippen LogP contribution in [0.25, 0.3) is 11.1 Å².